The molecule has 0 radical (unpaired) electrons. The molecular formula is C13H27NO2S. The van der Waals surface area contributed by atoms with Crippen LogP contribution in [0.2, 0.25) is 0 Å². The van der Waals surface area contributed by atoms with Crippen LogP contribution in [-0.2, 0) is 4.74 Å². The van der Waals surface area contributed by atoms with Gasteiger partial charge in [0.15, 0.2) is 0 Å². The van der Waals surface area contributed by atoms with Gasteiger partial charge in [0.2, 0.25) is 0 Å². The van der Waals surface area contributed by atoms with E-state index in [2.05, 4.69) is 11.8 Å². The van der Waals surface area contributed by atoms with Gasteiger partial charge in [-0.3, -0.25) is 4.90 Å². The smallest absolute Gasteiger partial charge is 0.0900 e. The van der Waals surface area contributed by atoms with Crippen LogP contribution >= 0.6 is 11.8 Å². The molecule has 1 heterocycles. The van der Waals surface area contributed by atoms with Gasteiger partial charge in [0.05, 0.1) is 18.3 Å². The summed E-state index contributed by atoms with van der Waals surface area (Å²) in [5.41, 5.74) is -0.165. The van der Waals surface area contributed by atoms with Gasteiger partial charge in [-0.1, -0.05) is 0 Å². The standard InChI is InChI=1S/C13H27NO2S/c1-11-5-7-17-8-6-14(11)9-12(15)10-16-13(2,3)4/h11-12,15H,5-10H2,1-4H3. The fraction of sp³-hybridized carbons (Fsp3) is 1.00. The third-order valence-corrected chi connectivity index (χ3v) is 3.98. The Morgan fingerprint density at radius 2 is 2.12 bits per heavy atom. The molecule has 1 fully saturated rings. The van der Waals surface area contributed by atoms with E-state index in [0.29, 0.717) is 12.6 Å². The molecule has 0 saturated carbocycles. The molecule has 0 aromatic carbocycles. The number of hydrogen-bond donors (Lipinski definition) is 1. The van der Waals surface area contributed by atoms with Gasteiger partial charge in [-0.2, -0.15) is 11.8 Å². The van der Waals surface area contributed by atoms with Crippen molar-refractivity contribution >= 4 is 11.8 Å². The Bertz CT molecular complexity index is 218. The summed E-state index contributed by atoms with van der Waals surface area (Å²) >= 11 is 2.01. The lowest BCUT2D eigenvalue weighted by Crippen LogP contribution is -2.42. The van der Waals surface area contributed by atoms with E-state index < -0.39 is 0 Å². The Morgan fingerprint density at radius 1 is 1.41 bits per heavy atom. The minimum atomic E-state index is -0.375. The average Bonchev–Trinajstić information content (AvgIpc) is 2.41. The molecule has 2 unspecified atom stereocenters. The third-order valence-electron chi connectivity index (χ3n) is 2.98. The largest absolute Gasteiger partial charge is 0.389 e. The molecule has 3 nitrogen and oxygen atoms in total. The Balaban J connectivity index is 2.30. The summed E-state index contributed by atoms with van der Waals surface area (Å²) in [5.74, 6) is 2.42. The van der Waals surface area contributed by atoms with Gasteiger partial charge in [0, 0.05) is 24.9 Å². The molecule has 102 valence electrons. The SMILES string of the molecule is CC1CCSCCN1CC(O)COC(C)(C)C. The lowest BCUT2D eigenvalue weighted by atomic mass is 10.2. The normalized spacial score (nSPS) is 25.6. The molecule has 0 aliphatic carbocycles. The first-order valence-corrected chi connectivity index (χ1v) is 7.68. The van der Waals surface area contributed by atoms with Gasteiger partial charge >= 0.3 is 0 Å². The van der Waals surface area contributed by atoms with E-state index in [9.17, 15) is 5.11 Å². The number of thioether (sulfide) groups is 1. The predicted molar refractivity (Wildman–Crippen MR) is 74.7 cm³/mol. The van der Waals surface area contributed by atoms with E-state index in [1.165, 1.54) is 17.9 Å². The van der Waals surface area contributed by atoms with E-state index in [4.69, 9.17) is 4.74 Å². The molecule has 0 bridgehead atoms. The Labute approximate surface area is 110 Å². The first kappa shape index (κ1) is 15.3. The molecule has 0 amide bonds. The lowest BCUT2D eigenvalue weighted by molar-refractivity contribution is -0.0579. The number of aliphatic hydroxyl groups excluding tert-OH is 1. The van der Waals surface area contributed by atoms with E-state index in [-0.39, 0.29) is 11.7 Å². The van der Waals surface area contributed by atoms with E-state index in [0.717, 1.165) is 13.1 Å². The molecule has 1 saturated heterocycles. The van der Waals surface area contributed by atoms with E-state index >= 15 is 0 Å². The van der Waals surface area contributed by atoms with Crippen molar-refractivity contribution in [3.8, 4) is 0 Å². The van der Waals surface area contributed by atoms with Gasteiger partial charge in [-0.25, -0.2) is 0 Å². The summed E-state index contributed by atoms with van der Waals surface area (Å²) in [6.07, 6.45) is 0.845. The summed E-state index contributed by atoms with van der Waals surface area (Å²) in [6, 6.07) is 0.578. The van der Waals surface area contributed by atoms with Crippen LogP contribution in [0, 0.1) is 0 Å². The molecular weight excluding hydrogens is 234 g/mol. The minimum absolute atomic E-state index is 0.165. The van der Waals surface area contributed by atoms with Crippen LogP contribution in [0.4, 0.5) is 0 Å². The zero-order chi connectivity index (χ0) is 12.9. The number of hydrogen-bond acceptors (Lipinski definition) is 4. The highest BCUT2D eigenvalue weighted by atomic mass is 32.2. The number of β-amino-alcohol motifs (C(OH)–C–C–N with tert-alkyl or cyclic N) is 1. The molecule has 0 aromatic heterocycles. The summed E-state index contributed by atoms with van der Waals surface area (Å²) < 4.78 is 5.62. The quantitative estimate of drug-likeness (QED) is 0.839. The second-order valence-electron chi connectivity index (χ2n) is 5.82. The van der Waals surface area contributed by atoms with Crippen molar-refractivity contribution in [2.75, 3.05) is 31.2 Å². The maximum atomic E-state index is 10.0. The lowest BCUT2D eigenvalue weighted by Gasteiger charge is -2.30. The first-order valence-electron chi connectivity index (χ1n) is 6.52. The molecule has 1 aliphatic heterocycles. The second-order valence-corrected chi connectivity index (χ2v) is 7.05. The molecule has 1 aliphatic rings. The van der Waals surface area contributed by atoms with Gasteiger partial charge in [0.1, 0.15) is 0 Å². The van der Waals surface area contributed by atoms with Gasteiger partial charge in [0.25, 0.3) is 0 Å². The van der Waals surface area contributed by atoms with Crippen molar-refractivity contribution in [1.29, 1.82) is 0 Å². The molecule has 0 spiro atoms. The fourth-order valence-corrected chi connectivity index (χ4v) is 2.96. The number of rotatable bonds is 4. The van der Waals surface area contributed by atoms with Crippen LogP contribution in [0.25, 0.3) is 0 Å². The van der Waals surface area contributed by atoms with Crippen molar-refractivity contribution in [3.63, 3.8) is 0 Å². The summed E-state index contributed by atoms with van der Waals surface area (Å²) in [7, 11) is 0. The second kappa shape index (κ2) is 6.98. The van der Waals surface area contributed by atoms with Crippen molar-refractivity contribution in [2.24, 2.45) is 0 Å². The van der Waals surface area contributed by atoms with Crippen molar-refractivity contribution in [1.82, 2.24) is 4.90 Å². The van der Waals surface area contributed by atoms with Crippen LogP contribution < -0.4 is 0 Å². The Hall–Kier alpha value is 0.230. The highest BCUT2D eigenvalue weighted by molar-refractivity contribution is 7.99. The molecule has 1 rings (SSSR count). The first-order chi connectivity index (χ1) is 7.88. The van der Waals surface area contributed by atoms with E-state index in [1.807, 2.05) is 32.5 Å². The zero-order valence-corrected chi connectivity index (χ0v) is 12.4. The van der Waals surface area contributed by atoms with Crippen molar-refractivity contribution < 1.29 is 9.84 Å². The highest BCUT2D eigenvalue weighted by Crippen LogP contribution is 2.16. The maximum Gasteiger partial charge on any atom is 0.0900 e. The molecule has 4 heteroatoms. The Morgan fingerprint density at radius 3 is 2.76 bits per heavy atom. The van der Waals surface area contributed by atoms with E-state index in [1.54, 1.807) is 0 Å². The monoisotopic (exact) mass is 261 g/mol. The fourth-order valence-electron chi connectivity index (χ4n) is 1.88. The number of ether oxygens (including phenoxy) is 1. The van der Waals surface area contributed by atoms with Crippen molar-refractivity contribution in [3.05, 3.63) is 0 Å². The van der Waals surface area contributed by atoms with Gasteiger partial charge < -0.3 is 9.84 Å². The van der Waals surface area contributed by atoms with Crippen LogP contribution in [-0.4, -0.2) is 59.0 Å². The zero-order valence-electron chi connectivity index (χ0n) is 11.6. The predicted octanol–water partition coefficient (Wildman–Crippen LogP) is 1.99. The maximum absolute atomic E-state index is 10.0. The molecule has 17 heavy (non-hydrogen) atoms. The number of aliphatic hydroxyl groups is 1. The minimum Gasteiger partial charge on any atom is -0.389 e. The average molecular weight is 261 g/mol. The summed E-state index contributed by atoms with van der Waals surface area (Å²) in [6.45, 7) is 10.6. The Kier molecular flexibility index (Phi) is 6.27. The molecule has 1 N–H and O–H groups in total. The van der Waals surface area contributed by atoms with Gasteiger partial charge in [-0.05, 0) is 39.9 Å². The summed E-state index contributed by atoms with van der Waals surface area (Å²) in [4.78, 5) is 2.39. The van der Waals surface area contributed by atoms with Crippen LogP contribution in [0.15, 0.2) is 0 Å². The molecule has 2 atom stereocenters. The van der Waals surface area contributed by atoms with Crippen molar-refractivity contribution in [2.45, 2.75) is 51.9 Å². The topological polar surface area (TPSA) is 32.7 Å². The van der Waals surface area contributed by atoms with Crippen LogP contribution in [0.3, 0.4) is 0 Å². The summed E-state index contributed by atoms with van der Waals surface area (Å²) in [5, 5.41) is 10.0. The molecule has 0 aromatic rings. The van der Waals surface area contributed by atoms with Crippen LogP contribution in [0.1, 0.15) is 34.1 Å². The highest BCUT2D eigenvalue weighted by Gasteiger charge is 2.21. The third kappa shape index (κ3) is 6.65. The van der Waals surface area contributed by atoms with Gasteiger partial charge in [-0.15, -0.1) is 0 Å². The van der Waals surface area contributed by atoms with Crippen LogP contribution in [0.5, 0.6) is 0 Å². The number of nitrogens with zero attached hydrogens (tertiary/aromatic N) is 1.